The first-order valence-electron chi connectivity index (χ1n) is 7.89. The summed E-state index contributed by atoms with van der Waals surface area (Å²) in [4.78, 5) is 12.8. The molecule has 0 unspecified atom stereocenters. The fourth-order valence-corrected chi connectivity index (χ4v) is 5.16. The van der Waals surface area contributed by atoms with E-state index in [0.29, 0.717) is 11.3 Å². The number of hydrogen-bond acceptors (Lipinski definition) is 4. The summed E-state index contributed by atoms with van der Waals surface area (Å²) in [6.45, 7) is 5.81. The van der Waals surface area contributed by atoms with Gasteiger partial charge in [0.15, 0.2) is 9.84 Å². The molecule has 0 radical (unpaired) electrons. The molecule has 25 heavy (non-hydrogen) atoms. The Kier molecular flexibility index (Phi) is 6.00. The minimum absolute atomic E-state index is 0.0187. The van der Waals surface area contributed by atoms with Gasteiger partial charge < -0.3 is 5.32 Å². The highest BCUT2D eigenvalue weighted by molar-refractivity contribution is 7.91. The van der Waals surface area contributed by atoms with Crippen molar-refractivity contribution in [3.8, 4) is 0 Å². The van der Waals surface area contributed by atoms with Crippen molar-refractivity contribution in [2.24, 2.45) is 5.41 Å². The largest absolute Gasteiger partial charge is 0.354 e. The summed E-state index contributed by atoms with van der Waals surface area (Å²) < 4.78 is 39.1. The highest BCUT2D eigenvalue weighted by Gasteiger charge is 2.30. The zero-order valence-corrected chi connectivity index (χ0v) is 16.1. The van der Waals surface area contributed by atoms with Gasteiger partial charge in [0, 0.05) is 17.8 Å². The van der Waals surface area contributed by atoms with Gasteiger partial charge >= 0.3 is 0 Å². The smallest absolute Gasteiger partial charge is 0.220 e. The molecule has 7 heteroatoms. The minimum atomic E-state index is -3.75. The number of benzene rings is 1. The van der Waals surface area contributed by atoms with Crippen molar-refractivity contribution in [1.29, 1.82) is 0 Å². The fourth-order valence-electron chi connectivity index (χ4n) is 2.38. The summed E-state index contributed by atoms with van der Waals surface area (Å²) in [7, 11) is -3.75. The number of amides is 1. The molecule has 1 atom stereocenters. The van der Waals surface area contributed by atoms with Crippen molar-refractivity contribution in [2.45, 2.75) is 37.3 Å². The maximum Gasteiger partial charge on any atom is 0.220 e. The van der Waals surface area contributed by atoms with E-state index in [9.17, 15) is 17.6 Å². The van der Waals surface area contributed by atoms with E-state index in [0.717, 1.165) is 12.1 Å². The Hall–Kier alpha value is -1.73. The lowest BCUT2D eigenvalue weighted by molar-refractivity contribution is -0.122. The first-order valence-corrected chi connectivity index (χ1v) is 10.3. The zero-order chi connectivity index (χ0) is 18.7. The van der Waals surface area contributed by atoms with Gasteiger partial charge in [-0.15, -0.1) is 11.3 Å². The maximum atomic E-state index is 13.1. The number of hydrogen-bond donors (Lipinski definition) is 1. The summed E-state index contributed by atoms with van der Waals surface area (Å²) in [5.41, 5.74) is -0.182. The monoisotopic (exact) mass is 383 g/mol. The van der Waals surface area contributed by atoms with Crippen LogP contribution in [0.3, 0.4) is 0 Å². The first-order chi connectivity index (χ1) is 11.6. The minimum Gasteiger partial charge on any atom is -0.354 e. The van der Waals surface area contributed by atoms with Crippen LogP contribution in [0.2, 0.25) is 0 Å². The lowest BCUT2D eigenvalue weighted by Gasteiger charge is -2.20. The van der Waals surface area contributed by atoms with Crippen molar-refractivity contribution < 1.29 is 17.6 Å². The second kappa shape index (κ2) is 7.66. The van der Waals surface area contributed by atoms with Crippen LogP contribution in [0.5, 0.6) is 0 Å². The number of carbonyl (C=O) groups excluding carboxylic acids is 1. The Labute approximate surface area is 152 Å². The number of sulfone groups is 1. The highest BCUT2D eigenvalue weighted by Crippen LogP contribution is 2.31. The first kappa shape index (κ1) is 19.6. The van der Waals surface area contributed by atoms with Gasteiger partial charge in [0.05, 0.1) is 4.90 Å². The van der Waals surface area contributed by atoms with Gasteiger partial charge in [-0.05, 0) is 41.1 Å². The van der Waals surface area contributed by atoms with Gasteiger partial charge in [-0.2, -0.15) is 0 Å². The topological polar surface area (TPSA) is 63.2 Å². The number of halogens is 1. The second-order valence-corrected chi connectivity index (χ2v) is 10.2. The van der Waals surface area contributed by atoms with Crippen molar-refractivity contribution in [3.05, 3.63) is 52.5 Å². The van der Waals surface area contributed by atoms with Crippen LogP contribution in [0.4, 0.5) is 4.39 Å². The van der Waals surface area contributed by atoms with Crippen molar-refractivity contribution in [2.75, 3.05) is 6.54 Å². The quantitative estimate of drug-likeness (QED) is 0.768. The van der Waals surface area contributed by atoms with E-state index in [2.05, 4.69) is 5.32 Å². The Balaban J connectivity index is 2.25. The van der Waals surface area contributed by atoms with Gasteiger partial charge in [-0.1, -0.05) is 26.8 Å². The molecule has 0 aliphatic rings. The normalized spacial score (nSPS) is 13.4. The van der Waals surface area contributed by atoms with Crippen LogP contribution in [0.15, 0.2) is 46.7 Å². The third-order valence-electron chi connectivity index (χ3n) is 3.55. The molecule has 0 aliphatic heterocycles. The molecule has 0 bridgehead atoms. The van der Waals surface area contributed by atoms with E-state index in [1.165, 1.54) is 23.5 Å². The molecule has 1 heterocycles. The van der Waals surface area contributed by atoms with E-state index in [-0.39, 0.29) is 22.8 Å². The van der Waals surface area contributed by atoms with Gasteiger partial charge in [0.25, 0.3) is 0 Å². The Morgan fingerprint density at radius 3 is 2.36 bits per heavy atom. The highest BCUT2D eigenvalue weighted by atomic mass is 32.2. The predicted octanol–water partition coefficient (Wildman–Crippen LogP) is 3.95. The Morgan fingerprint density at radius 1 is 1.20 bits per heavy atom. The number of rotatable bonds is 6. The second-order valence-electron chi connectivity index (χ2n) is 7.04. The standard InChI is InChI=1S/C18H22FNO3S2/c1-18(2,3)11-17(21)20-12-16(15-5-4-10-24-15)25(22,23)14-8-6-13(19)7-9-14/h4-10,16H,11-12H2,1-3H3,(H,20,21)/t16-/m1/s1. The Bertz CT molecular complexity index is 807. The third-order valence-corrected chi connectivity index (χ3v) is 6.79. The van der Waals surface area contributed by atoms with Crippen LogP contribution in [-0.2, 0) is 14.6 Å². The summed E-state index contributed by atoms with van der Waals surface area (Å²) >= 11 is 1.32. The molecular weight excluding hydrogens is 361 g/mol. The van der Waals surface area contributed by atoms with Gasteiger partial charge in [-0.3, -0.25) is 4.79 Å². The molecule has 2 rings (SSSR count). The van der Waals surface area contributed by atoms with Gasteiger partial charge in [0.2, 0.25) is 5.91 Å². The van der Waals surface area contributed by atoms with Gasteiger partial charge in [-0.25, -0.2) is 12.8 Å². The zero-order valence-electron chi connectivity index (χ0n) is 14.5. The molecule has 1 N–H and O–H groups in total. The molecule has 1 aromatic heterocycles. The van der Waals surface area contributed by atoms with Crippen LogP contribution >= 0.6 is 11.3 Å². The van der Waals surface area contributed by atoms with Crippen molar-refractivity contribution in [1.82, 2.24) is 5.32 Å². The van der Waals surface area contributed by atoms with Crippen LogP contribution in [-0.4, -0.2) is 20.9 Å². The van der Waals surface area contributed by atoms with E-state index >= 15 is 0 Å². The molecule has 136 valence electrons. The predicted molar refractivity (Wildman–Crippen MR) is 97.7 cm³/mol. The maximum absolute atomic E-state index is 13.1. The molecule has 1 amide bonds. The molecule has 1 aromatic carbocycles. The number of carbonyl (C=O) groups is 1. The van der Waals surface area contributed by atoms with Crippen LogP contribution in [0, 0.1) is 11.2 Å². The summed E-state index contributed by atoms with van der Waals surface area (Å²) in [5, 5.41) is 3.62. The average molecular weight is 384 g/mol. The number of thiophene rings is 1. The molecule has 0 saturated heterocycles. The third kappa shape index (κ3) is 5.37. The van der Waals surface area contributed by atoms with Gasteiger partial charge in [0.1, 0.15) is 11.1 Å². The van der Waals surface area contributed by atoms with Crippen LogP contribution < -0.4 is 5.32 Å². The average Bonchev–Trinajstić information content (AvgIpc) is 2.99. The summed E-state index contributed by atoms with van der Waals surface area (Å²) in [5.74, 6) is -0.687. The molecule has 0 aliphatic carbocycles. The van der Waals surface area contributed by atoms with E-state index in [1.54, 1.807) is 17.5 Å². The van der Waals surface area contributed by atoms with E-state index < -0.39 is 20.9 Å². The molecule has 0 fully saturated rings. The summed E-state index contributed by atoms with van der Waals surface area (Å²) in [6, 6.07) is 8.24. The van der Waals surface area contributed by atoms with Crippen molar-refractivity contribution in [3.63, 3.8) is 0 Å². The Morgan fingerprint density at radius 2 is 1.84 bits per heavy atom. The molecule has 4 nitrogen and oxygen atoms in total. The summed E-state index contributed by atoms with van der Waals surface area (Å²) in [6.07, 6.45) is 0.306. The van der Waals surface area contributed by atoms with E-state index in [4.69, 9.17) is 0 Å². The van der Waals surface area contributed by atoms with Crippen molar-refractivity contribution >= 4 is 27.1 Å². The molecule has 2 aromatic rings. The van der Waals surface area contributed by atoms with E-state index in [1.807, 2.05) is 20.8 Å². The lowest BCUT2D eigenvalue weighted by Crippen LogP contribution is -2.33. The fraction of sp³-hybridized carbons (Fsp3) is 0.389. The van der Waals surface area contributed by atoms with Crippen LogP contribution in [0.1, 0.15) is 37.3 Å². The SMILES string of the molecule is CC(C)(C)CC(=O)NC[C@H](c1cccs1)S(=O)(=O)c1ccc(F)cc1. The molecule has 0 saturated carbocycles. The molecule has 0 spiro atoms. The lowest BCUT2D eigenvalue weighted by atomic mass is 9.92. The van der Waals surface area contributed by atoms with Crippen LogP contribution in [0.25, 0.3) is 0 Å². The molecular formula is C18H22FNO3S2. The number of nitrogens with one attached hydrogen (secondary N) is 1.